The minimum atomic E-state index is -4.62. The van der Waals surface area contributed by atoms with E-state index in [1.165, 1.54) is 13.2 Å². The van der Waals surface area contributed by atoms with E-state index in [9.17, 15) is 13.2 Å². The molecule has 0 radical (unpaired) electrons. The predicted octanol–water partition coefficient (Wildman–Crippen LogP) is 2.73. The summed E-state index contributed by atoms with van der Waals surface area (Å²) < 4.78 is 48.3. The van der Waals surface area contributed by atoms with Crippen molar-refractivity contribution in [1.29, 1.82) is 0 Å². The van der Waals surface area contributed by atoms with Crippen LogP contribution in [0.15, 0.2) is 6.07 Å². The molecule has 0 aliphatic rings. The number of alkyl halides is 3. The van der Waals surface area contributed by atoms with Gasteiger partial charge in [-0.3, -0.25) is 0 Å². The van der Waals surface area contributed by atoms with E-state index < -0.39 is 18.1 Å². The summed E-state index contributed by atoms with van der Waals surface area (Å²) in [4.78, 5) is 6.82. The Kier molecular flexibility index (Phi) is 6.00. The molecule has 0 aliphatic heterocycles. The maximum atomic E-state index is 12.7. The van der Waals surface area contributed by atoms with Crippen molar-refractivity contribution in [2.45, 2.75) is 32.5 Å². The Hall–Kier alpha value is -1.57. The third-order valence-electron chi connectivity index (χ3n) is 2.24. The molecule has 20 heavy (non-hydrogen) atoms. The number of ether oxygens (including phenoxy) is 2. The van der Waals surface area contributed by atoms with Crippen LogP contribution in [-0.4, -0.2) is 36.3 Å². The molecule has 0 amide bonds. The topological polar surface area (TPSA) is 56.3 Å². The van der Waals surface area contributed by atoms with Gasteiger partial charge in [0.1, 0.15) is 11.9 Å². The van der Waals surface area contributed by atoms with Crippen LogP contribution in [0.5, 0.6) is 5.88 Å². The predicted molar refractivity (Wildman–Crippen MR) is 67.8 cm³/mol. The quantitative estimate of drug-likeness (QED) is 0.837. The lowest BCUT2D eigenvalue weighted by Crippen LogP contribution is -2.20. The highest BCUT2D eigenvalue weighted by Crippen LogP contribution is 2.29. The van der Waals surface area contributed by atoms with E-state index in [0.717, 1.165) is 6.42 Å². The van der Waals surface area contributed by atoms with E-state index >= 15 is 0 Å². The van der Waals surface area contributed by atoms with Crippen molar-refractivity contribution in [1.82, 2.24) is 9.97 Å². The fourth-order valence-electron chi connectivity index (χ4n) is 1.43. The van der Waals surface area contributed by atoms with Gasteiger partial charge in [0.2, 0.25) is 11.7 Å². The van der Waals surface area contributed by atoms with Crippen LogP contribution >= 0.6 is 0 Å². The van der Waals surface area contributed by atoms with Crippen molar-refractivity contribution in [2.75, 3.05) is 25.6 Å². The minimum absolute atomic E-state index is 0.0915. The van der Waals surface area contributed by atoms with Gasteiger partial charge in [-0.25, -0.2) is 4.98 Å². The van der Waals surface area contributed by atoms with E-state index in [2.05, 4.69) is 15.3 Å². The van der Waals surface area contributed by atoms with Crippen LogP contribution in [0.2, 0.25) is 0 Å². The van der Waals surface area contributed by atoms with Crippen molar-refractivity contribution in [3.8, 4) is 5.88 Å². The second-order valence-electron chi connectivity index (χ2n) is 4.22. The second kappa shape index (κ2) is 7.28. The summed E-state index contributed by atoms with van der Waals surface area (Å²) >= 11 is 0. The highest BCUT2D eigenvalue weighted by atomic mass is 19.4. The zero-order chi connectivity index (χ0) is 15.2. The summed E-state index contributed by atoms with van der Waals surface area (Å²) in [6.07, 6.45) is -4.26. The summed E-state index contributed by atoms with van der Waals surface area (Å²) in [7, 11) is 1.48. The van der Waals surface area contributed by atoms with Gasteiger partial charge in [0.05, 0.1) is 6.61 Å². The van der Waals surface area contributed by atoms with E-state index in [-0.39, 0.29) is 18.3 Å². The van der Waals surface area contributed by atoms with Crippen LogP contribution in [-0.2, 0) is 10.9 Å². The molecule has 8 heteroatoms. The molecule has 5 nitrogen and oxygen atoms in total. The number of rotatable bonds is 7. The van der Waals surface area contributed by atoms with Gasteiger partial charge in [-0.1, -0.05) is 6.92 Å². The summed E-state index contributed by atoms with van der Waals surface area (Å²) in [6.45, 7) is 4.35. The fraction of sp³-hybridized carbons (Fsp3) is 0.667. The van der Waals surface area contributed by atoms with Crippen LogP contribution in [0.4, 0.5) is 19.0 Å². The minimum Gasteiger partial charge on any atom is -0.472 e. The molecule has 1 aromatic rings. The Bertz CT molecular complexity index is 427. The molecular formula is C12H18F3N3O2. The largest absolute Gasteiger partial charge is 0.472 e. The van der Waals surface area contributed by atoms with Gasteiger partial charge >= 0.3 is 6.18 Å². The van der Waals surface area contributed by atoms with Gasteiger partial charge in [-0.2, -0.15) is 18.2 Å². The number of hydrogen-bond acceptors (Lipinski definition) is 5. The molecule has 1 atom stereocenters. The first kappa shape index (κ1) is 16.5. The van der Waals surface area contributed by atoms with Gasteiger partial charge in [-0.15, -0.1) is 0 Å². The maximum Gasteiger partial charge on any atom is 0.451 e. The molecule has 0 aromatic carbocycles. The van der Waals surface area contributed by atoms with E-state index in [4.69, 9.17) is 9.47 Å². The van der Waals surface area contributed by atoms with E-state index in [0.29, 0.717) is 6.54 Å². The lowest BCUT2D eigenvalue weighted by atomic mass is 10.4. The molecule has 0 saturated carbocycles. The molecule has 0 saturated heterocycles. The van der Waals surface area contributed by atoms with Gasteiger partial charge in [0.25, 0.3) is 0 Å². The SMILES string of the molecule is CCCNc1cc(OC(C)COC)nc(C(F)(F)F)n1. The molecule has 1 heterocycles. The summed E-state index contributed by atoms with van der Waals surface area (Å²) in [5.74, 6) is -1.26. The normalized spacial score (nSPS) is 13.1. The molecule has 0 bridgehead atoms. The fourth-order valence-corrected chi connectivity index (χ4v) is 1.43. The van der Waals surface area contributed by atoms with Gasteiger partial charge in [0.15, 0.2) is 0 Å². The van der Waals surface area contributed by atoms with Crippen molar-refractivity contribution in [3.05, 3.63) is 11.9 Å². The number of anilines is 1. The molecule has 1 aromatic heterocycles. The first-order chi connectivity index (χ1) is 9.36. The van der Waals surface area contributed by atoms with Crippen LogP contribution in [0.1, 0.15) is 26.1 Å². The maximum absolute atomic E-state index is 12.7. The third kappa shape index (κ3) is 5.20. The number of halogens is 3. The van der Waals surface area contributed by atoms with Crippen LogP contribution in [0.25, 0.3) is 0 Å². The zero-order valence-electron chi connectivity index (χ0n) is 11.6. The molecule has 114 valence electrons. The van der Waals surface area contributed by atoms with Gasteiger partial charge in [-0.05, 0) is 13.3 Å². The Morgan fingerprint density at radius 2 is 2.05 bits per heavy atom. The average Bonchev–Trinajstić information content (AvgIpc) is 2.35. The van der Waals surface area contributed by atoms with E-state index in [1.54, 1.807) is 6.92 Å². The highest BCUT2D eigenvalue weighted by molar-refractivity contribution is 5.38. The van der Waals surface area contributed by atoms with Crippen molar-refractivity contribution < 1.29 is 22.6 Å². The Morgan fingerprint density at radius 1 is 1.35 bits per heavy atom. The van der Waals surface area contributed by atoms with Crippen LogP contribution < -0.4 is 10.1 Å². The highest BCUT2D eigenvalue weighted by Gasteiger charge is 2.35. The third-order valence-corrected chi connectivity index (χ3v) is 2.24. The van der Waals surface area contributed by atoms with Gasteiger partial charge < -0.3 is 14.8 Å². The summed E-state index contributed by atoms with van der Waals surface area (Å²) in [5, 5.41) is 2.79. The van der Waals surface area contributed by atoms with Crippen molar-refractivity contribution in [3.63, 3.8) is 0 Å². The molecule has 1 unspecified atom stereocenters. The lowest BCUT2D eigenvalue weighted by molar-refractivity contribution is -0.145. The molecule has 0 fully saturated rings. The van der Waals surface area contributed by atoms with Crippen molar-refractivity contribution in [2.24, 2.45) is 0 Å². The van der Waals surface area contributed by atoms with Gasteiger partial charge in [0, 0.05) is 19.7 Å². The average molecular weight is 293 g/mol. The number of hydrogen-bond donors (Lipinski definition) is 1. The smallest absolute Gasteiger partial charge is 0.451 e. The zero-order valence-corrected chi connectivity index (χ0v) is 11.6. The molecule has 0 spiro atoms. The molecular weight excluding hydrogens is 275 g/mol. The second-order valence-corrected chi connectivity index (χ2v) is 4.22. The standard InChI is InChI=1S/C12H18F3N3O2/c1-4-5-16-9-6-10(20-8(2)7-19-3)18-11(17-9)12(13,14)15/h6,8H,4-5,7H2,1-3H3,(H,16,17,18). The molecule has 0 aliphatic carbocycles. The number of nitrogens with one attached hydrogen (secondary N) is 1. The number of aromatic nitrogens is 2. The van der Waals surface area contributed by atoms with Crippen molar-refractivity contribution >= 4 is 5.82 Å². The number of nitrogens with zero attached hydrogens (tertiary/aromatic N) is 2. The summed E-state index contributed by atoms with van der Waals surface area (Å²) in [5.41, 5.74) is 0. The molecule has 1 N–H and O–H groups in total. The Labute approximate surface area is 115 Å². The number of methoxy groups -OCH3 is 1. The monoisotopic (exact) mass is 293 g/mol. The first-order valence-corrected chi connectivity index (χ1v) is 6.22. The Balaban J connectivity index is 2.97. The van der Waals surface area contributed by atoms with E-state index in [1.807, 2.05) is 6.92 Å². The van der Waals surface area contributed by atoms with Crippen LogP contribution in [0.3, 0.4) is 0 Å². The summed E-state index contributed by atoms with van der Waals surface area (Å²) in [6, 6.07) is 1.34. The van der Waals surface area contributed by atoms with Crippen LogP contribution in [0, 0.1) is 0 Å². The first-order valence-electron chi connectivity index (χ1n) is 6.22. The lowest BCUT2D eigenvalue weighted by Gasteiger charge is -2.15. The molecule has 1 rings (SSSR count). The Morgan fingerprint density at radius 3 is 2.60 bits per heavy atom.